The number of amides is 1. The molecule has 1 amide bonds. The number of imidazole rings is 1. The first-order chi connectivity index (χ1) is 13.0. The van der Waals surface area contributed by atoms with Crippen molar-refractivity contribution in [3.63, 3.8) is 0 Å². The molecule has 0 radical (unpaired) electrons. The second kappa shape index (κ2) is 5.91. The molecule has 27 heavy (non-hydrogen) atoms. The molecule has 0 bridgehead atoms. The van der Waals surface area contributed by atoms with Gasteiger partial charge in [-0.05, 0) is 19.4 Å². The number of hydrogen-bond acceptors (Lipinski definition) is 4. The van der Waals surface area contributed by atoms with Gasteiger partial charge in [-0.3, -0.25) is 9.69 Å². The lowest BCUT2D eigenvalue weighted by Crippen LogP contribution is -2.47. The molecule has 3 fully saturated rings. The van der Waals surface area contributed by atoms with Crippen LogP contribution in [0.25, 0.3) is 0 Å². The number of likely N-dealkylation sites (tertiary alicyclic amines) is 1. The van der Waals surface area contributed by atoms with Crippen LogP contribution in [0.3, 0.4) is 0 Å². The minimum atomic E-state index is -0.465. The highest BCUT2D eigenvalue weighted by Crippen LogP contribution is 2.50. The normalized spacial score (nSPS) is 30.2. The Kier molecular flexibility index (Phi) is 3.71. The van der Waals surface area contributed by atoms with E-state index in [2.05, 4.69) is 42.5 Å². The molecule has 3 aliphatic rings. The van der Waals surface area contributed by atoms with Crippen LogP contribution >= 0.6 is 0 Å². The fraction of sp³-hybridized carbons (Fsp3) is 0.524. The van der Waals surface area contributed by atoms with Crippen LogP contribution < -0.4 is 0 Å². The van der Waals surface area contributed by atoms with E-state index in [1.54, 1.807) is 0 Å². The van der Waals surface area contributed by atoms with E-state index in [0.29, 0.717) is 13.0 Å². The average Bonchev–Trinajstić information content (AvgIpc) is 3.35. The van der Waals surface area contributed by atoms with Gasteiger partial charge in [-0.2, -0.15) is 0 Å². The average molecular weight is 366 g/mol. The van der Waals surface area contributed by atoms with Gasteiger partial charge in [-0.15, -0.1) is 0 Å². The predicted octanol–water partition coefficient (Wildman–Crippen LogP) is 2.31. The van der Waals surface area contributed by atoms with E-state index < -0.39 is 5.72 Å². The summed E-state index contributed by atoms with van der Waals surface area (Å²) in [6.07, 6.45) is 1.38. The van der Waals surface area contributed by atoms with E-state index in [4.69, 9.17) is 9.72 Å². The number of aromatic nitrogens is 2. The van der Waals surface area contributed by atoms with Crippen molar-refractivity contribution in [1.82, 2.24) is 19.4 Å². The smallest absolute Gasteiger partial charge is 0.226 e. The van der Waals surface area contributed by atoms with Gasteiger partial charge in [0.25, 0.3) is 0 Å². The van der Waals surface area contributed by atoms with Gasteiger partial charge in [0.1, 0.15) is 11.9 Å². The van der Waals surface area contributed by atoms with Gasteiger partial charge in [-0.1, -0.05) is 30.3 Å². The van der Waals surface area contributed by atoms with Crippen molar-refractivity contribution in [2.45, 2.75) is 51.1 Å². The summed E-state index contributed by atoms with van der Waals surface area (Å²) in [5.41, 5.74) is 2.96. The highest BCUT2D eigenvalue weighted by molar-refractivity contribution is 5.81. The van der Waals surface area contributed by atoms with Crippen LogP contribution in [0.15, 0.2) is 30.3 Å². The van der Waals surface area contributed by atoms with Crippen molar-refractivity contribution < 1.29 is 9.53 Å². The second-order valence-electron chi connectivity index (χ2n) is 8.06. The van der Waals surface area contributed by atoms with E-state index in [0.717, 1.165) is 36.6 Å². The molecule has 4 heterocycles. The van der Waals surface area contributed by atoms with E-state index in [1.165, 1.54) is 5.69 Å². The van der Waals surface area contributed by atoms with Crippen LogP contribution in [0.2, 0.25) is 0 Å². The van der Waals surface area contributed by atoms with E-state index in [-0.39, 0.29) is 18.1 Å². The van der Waals surface area contributed by atoms with Crippen LogP contribution in [0.1, 0.15) is 41.7 Å². The number of ether oxygens (including phenoxy) is 1. The Morgan fingerprint density at radius 1 is 1.26 bits per heavy atom. The summed E-state index contributed by atoms with van der Waals surface area (Å²) in [4.78, 5) is 21.9. The molecule has 0 saturated carbocycles. The highest BCUT2D eigenvalue weighted by Gasteiger charge is 2.64. The summed E-state index contributed by atoms with van der Waals surface area (Å²) >= 11 is 0. The van der Waals surface area contributed by atoms with Crippen LogP contribution in [0, 0.1) is 13.8 Å². The largest absolute Gasteiger partial charge is 0.344 e. The van der Waals surface area contributed by atoms with E-state index in [1.807, 2.05) is 23.1 Å². The summed E-state index contributed by atoms with van der Waals surface area (Å²) < 4.78 is 8.78. The zero-order valence-electron chi connectivity index (χ0n) is 16.2. The molecule has 6 heteroatoms. The lowest BCUT2D eigenvalue weighted by Gasteiger charge is -2.32. The molecular weight excluding hydrogens is 340 g/mol. The van der Waals surface area contributed by atoms with Gasteiger partial charge in [0.2, 0.25) is 5.91 Å². The van der Waals surface area contributed by atoms with Crippen molar-refractivity contribution in [2.75, 3.05) is 13.1 Å². The third kappa shape index (κ3) is 2.39. The SMILES string of the molecule is Cc1nc(CN2CC[C@@]34O[C@@H](c5ccccc5)CN3C(=O)C[C@@H]24)n(C)c1C. The topological polar surface area (TPSA) is 50.6 Å². The third-order valence-electron chi connectivity index (χ3n) is 6.77. The Bertz CT molecular complexity index is 893. The molecule has 3 atom stereocenters. The monoisotopic (exact) mass is 366 g/mol. The summed E-state index contributed by atoms with van der Waals surface area (Å²) in [6.45, 7) is 6.51. The fourth-order valence-corrected chi connectivity index (χ4v) is 5.05. The molecular formula is C21H26N4O2. The van der Waals surface area contributed by atoms with Gasteiger partial charge < -0.3 is 14.2 Å². The molecule has 0 aliphatic carbocycles. The maximum Gasteiger partial charge on any atom is 0.226 e. The summed E-state index contributed by atoms with van der Waals surface area (Å²) in [7, 11) is 2.07. The number of benzene rings is 1. The zero-order chi connectivity index (χ0) is 18.8. The standard InChI is InChI=1S/C21H26N4O2/c1-14-15(2)23(3)19(22-14)13-24-10-9-21-18(24)11-20(26)25(21)12-17(27-21)16-7-5-4-6-8-16/h4-8,17-18H,9-13H2,1-3H3/t17-,18-,21+/m1/s1. The molecule has 5 rings (SSSR count). The van der Waals surface area contributed by atoms with E-state index >= 15 is 0 Å². The number of carbonyl (C=O) groups excluding carboxylic acids is 1. The first-order valence-electron chi connectivity index (χ1n) is 9.75. The van der Waals surface area contributed by atoms with E-state index in [9.17, 15) is 4.79 Å². The van der Waals surface area contributed by atoms with Gasteiger partial charge in [0.05, 0.1) is 24.8 Å². The summed E-state index contributed by atoms with van der Waals surface area (Å²) in [5.74, 6) is 1.28. The van der Waals surface area contributed by atoms with Crippen LogP contribution in [-0.2, 0) is 23.1 Å². The van der Waals surface area contributed by atoms with Gasteiger partial charge >= 0.3 is 0 Å². The third-order valence-corrected chi connectivity index (χ3v) is 6.77. The van der Waals surface area contributed by atoms with Crippen LogP contribution in [0.4, 0.5) is 0 Å². The van der Waals surface area contributed by atoms with Crippen molar-refractivity contribution >= 4 is 5.91 Å². The van der Waals surface area contributed by atoms with Crippen molar-refractivity contribution in [2.24, 2.45) is 7.05 Å². The minimum Gasteiger partial charge on any atom is -0.344 e. The molecule has 1 aromatic carbocycles. The summed E-state index contributed by atoms with van der Waals surface area (Å²) in [6, 6.07) is 10.4. The molecule has 3 saturated heterocycles. The number of hydrogen-bond donors (Lipinski definition) is 0. The Morgan fingerprint density at radius 3 is 2.74 bits per heavy atom. The lowest BCUT2D eigenvalue weighted by molar-refractivity contribution is -0.138. The van der Waals surface area contributed by atoms with Gasteiger partial charge in [0.15, 0.2) is 5.72 Å². The maximum atomic E-state index is 12.8. The van der Waals surface area contributed by atoms with Crippen molar-refractivity contribution in [3.8, 4) is 0 Å². The van der Waals surface area contributed by atoms with Crippen molar-refractivity contribution in [3.05, 3.63) is 53.1 Å². The van der Waals surface area contributed by atoms with Crippen LogP contribution in [0.5, 0.6) is 0 Å². The number of aryl methyl sites for hydroxylation is 1. The quantitative estimate of drug-likeness (QED) is 0.837. The molecule has 0 N–H and O–H groups in total. The lowest BCUT2D eigenvalue weighted by atomic mass is 10.1. The molecule has 6 nitrogen and oxygen atoms in total. The first-order valence-corrected chi connectivity index (χ1v) is 9.75. The van der Waals surface area contributed by atoms with Crippen LogP contribution in [-0.4, -0.2) is 50.1 Å². The molecule has 2 aromatic rings. The zero-order valence-corrected chi connectivity index (χ0v) is 16.2. The minimum absolute atomic E-state index is 0.0319. The Balaban J connectivity index is 1.41. The number of carbonyl (C=O) groups is 1. The Hall–Kier alpha value is -2.18. The first kappa shape index (κ1) is 17.0. The fourth-order valence-electron chi connectivity index (χ4n) is 5.05. The molecule has 1 aromatic heterocycles. The maximum absolute atomic E-state index is 12.8. The second-order valence-corrected chi connectivity index (χ2v) is 8.06. The number of nitrogens with zero attached hydrogens (tertiary/aromatic N) is 4. The molecule has 0 unspecified atom stereocenters. The number of rotatable bonds is 3. The Morgan fingerprint density at radius 2 is 2.04 bits per heavy atom. The molecule has 142 valence electrons. The molecule has 3 aliphatic heterocycles. The molecule has 1 spiro atoms. The Labute approximate surface area is 159 Å². The van der Waals surface area contributed by atoms with Crippen molar-refractivity contribution in [1.29, 1.82) is 0 Å². The predicted molar refractivity (Wildman–Crippen MR) is 101 cm³/mol. The highest BCUT2D eigenvalue weighted by atomic mass is 16.5. The van der Waals surface area contributed by atoms with Gasteiger partial charge in [0, 0.05) is 32.1 Å². The van der Waals surface area contributed by atoms with Gasteiger partial charge in [-0.25, -0.2) is 4.98 Å². The summed E-state index contributed by atoms with van der Waals surface area (Å²) in [5, 5.41) is 0.